The molecular weight excluding hydrogens is 221 g/mol. The third-order valence-corrected chi connectivity index (χ3v) is 2.52. The van der Waals surface area contributed by atoms with Crippen LogP contribution in [0.15, 0.2) is 24.5 Å². The molecule has 0 saturated carbocycles. The van der Waals surface area contributed by atoms with E-state index < -0.39 is 5.82 Å². The Morgan fingerprint density at radius 3 is 2.29 bits per heavy atom. The molecule has 0 atom stereocenters. The first-order valence-corrected chi connectivity index (χ1v) is 5.25. The van der Waals surface area contributed by atoms with Gasteiger partial charge in [-0.05, 0) is 28.8 Å². The van der Waals surface area contributed by atoms with E-state index in [0.29, 0.717) is 16.7 Å². The first-order chi connectivity index (χ1) is 8.09. The van der Waals surface area contributed by atoms with Gasteiger partial charge in [0.25, 0.3) is 0 Å². The summed E-state index contributed by atoms with van der Waals surface area (Å²) in [5, 5.41) is 20.4. The van der Waals surface area contributed by atoms with Crippen LogP contribution >= 0.6 is 0 Å². The second-order valence-corrected chi connectivity index (χ2v) is 4.08. The van der Waals surface area contributed by atoms with Gasteiger partial charge in [0, 0.05) is 11.1 Å². The van der Waals surface area contributed by atoms with Crippen LogP contribution in [0.1, 0.15) is 25.3 Å². The Morgan fingerprint density at radius 2 is 1.76 bits per heavy atom. The number of hydrogen-bond donors (Lipinski definition) is 1. The summed E-state index contributed by atoms with van der Waals surface area (Å²) in [7, 11) is 0. The van der Waals surface area contributed by atoms with Crippen LogP contribution in [0, 0.1) is 5.82 Å². The molecule has 5 heteroatoms. The van der Waals surface area contributed by atoms with E-state index in [-0.39, 0.29) is 11.7 Å². The zero-order valence-corrected chi connectivity index (χ0v) is 9.55. The van der Waals surface area contributed by atoms with E-state index in [9.17, 15) is 9.50 Å². The van der Waals surface area contributed by atoms with E-state index in [4.69, 9.17) is 0 Å². The lowest BCUT2D eigenvalue weighted by atomic mass is 9.98. The van der Waals surface area contributed by atoms with Crippen LogP contribution in [0.25, 0.3) is 11.1 Å². The lowest BCUT2D eigenvalue weighted by Gasteiger charge is -2.11. The van der Waals surface area contributed by atoms with Gasteiger partial charge in [-0.1, -0.05) is 13.8 Å². The summed E-state index contributed by atoms with van der Waals surface area (Å²) in [5.41, 5.74) is 1.47. The number of rotatable bonds is 2. The quantitative estimate of drug-likeness (QED) is 0.865. The number of hydrogen-bond acceptors (Lipinski definition) is 4. The fourth-order valence-electron chi connectivity index (χ4n) is 1.73. The van der Waals surface area contributed by atoms with E-state index in [0.717, 1.165) is 0 Å². The number of aromatic hydroxyl groups is 1. The lowest BCUT2D eigenvalue weighted by molar-refractivity contribution is 0.454. The summed E-state index contributed by atoms with van der Waals surface area (Å²) < 4.78 is 13.8. The van der Waals surface area contributed by atoms with Gasteiger partial charge in [0.2, 0.25) is 0 Å². The van der Waals surface area contributed by atoms with Gasteiger partial charge in [-0.25, -0.2) is 4.39 Å². The topological polar surface area (TPSA) is 58.9 Å². The van der Waals surface area contributed by atoms with Gasteiger partial charge < -0.3 is 5.11 Å². The number of benzene rings is 1. The van der Waals surface area contributed by atoms with Crippen LogP contribution in [0.3, 0.4) is 0 Å². The molecule has 1 heterocycles. The number of phenols is 1. The molecule has 1 N–H and O–H groups in total. The van der Waals surface area contributed by atoms with Gasteiger partial charge in [0.05, 0.1) is 12.4 Å². The van der Waals surface area contributed by atoms with E-state index in [2.05, 4.69) is 15.4 Å². The Labute approximate surface area is 98.1 Å². The second-order valence-electron chi connectivity index (χ2n) is 4.08. The summed E-state index contributed by atoms with van der Waals surface area (Å²) in [6.45, 7) is 3.65. The van der Waals surface area contributed by atoms with E-state index >= 15 is 0 Å². The lowest BCUT2D eigenvalue weighted by Crippen LogP contribution is -1.95. The molecule has 0 unspecified atom stereocenters. The second kappa shape index (κ2) is 4.45. The van der Waals surface area contributed by atoms with Crippen LogP contribution in [0.4, 0.5) is 4.39 Å². The van der Waals surface area contributed by atoms with Crippen molar-refractivity contribution in [3.05, 3.63) is 35.9 Å². The van der Waals surface area contributed by atoms with E-state index in [1.54, 1.807) is 0 Å². The SMILES string of the molecule is CC(C)c1c(O)cc(-c2cnnnc2)cc1F. The smallest absolute Gasteiger partial charge is 0.130 e. The third-order valence-electron chi connectivity index (χ3n) is 2.52. The number of aromatic nitrogens is 3. The standard InChI is InChI=1S/C12H12FN3O/c1-7(2)12-10(13)3-8(4-11(12)17)9-5-14-16-15-6-9/h3-7,17H,1-2H3. The van der Waals surface area contributed by atoms with Crippen molar-refractivity contribution in [3.63, 3.8) is 0 Å². The Morgan fingerprint density at radius 1 is 1.12 bits per heavy atom. The monoisotopic (exact) mass is 233 g/mol. The van der Waals surface area contributed by atoms with Crippen molar-refractivity contribution in [1.82, 2.24) is 15.4 Å². The molecule has 1 aromatic heterocycles. The van der Waals surface area contributed by atoms with Gasteiger partial charge >= 0.3 is 0 Å². The Balaban J connectivity index is 2.53. The zero-order valence-electron chi connectivity index (χ0n) is 9.55. The van der Waals surface area contributed by atoms with Crippen molar-refractivity contribution in [3.8, 4) is 16.9 Å². The van der Waals surface area contributed by atoms with Gasteiger partial charge in [-0.2, -0.15) is 0 Å². The summed E-state index contributed by atoms with van der Waals surface area (Å²) in [6.07, 6.45) is 2.94. The highest BCUT2D eigenvalue weighted by Gasteiger charge is 2.14. The molecule has 0 aliphatic carbocycles. The molecule has 2 aromatic rings. The highest BCUT2D eigenvalue weighted by Crippen LogP contribution is 2.32. The molecule has 0 spiro atoms. The average Bonchev–Trinajstić information content (AvgIpc) is 2.28. The maximum atomic E-state index is 13.8. The molecule has 4 nitrogen and oxygen atoms in total. The fourth-order valence-corrected chi connectivity index (χ4v) is 1.73. The maximum absolute atomic E-state index is 13.8. The highest BCUT2D eigenvalue weighted by molar-refractivity contribution is 5.64. The van der Waals surface area contributed by atoms with Crippen molar-refractivity contribution in [2.24, 2.45) is 0 Å². The first kappa shape index (κ1) is 11.4. The van der Waals surface area contributed by atoms with Crippen LogP contribution in [-0.4, -0.2) is 20.5 Å². The minimum Gasteiger partial charge on any atom is -0.508 e. The van der Waals surface area contributed by atoms with Crippen molar-refractivity contribution >= 4 is 0 Å². The number of phenolic OH excluding ortho intramolecular Hbond substituents is 1. The molecule has 0 saturated heterocycles. The number of nitrogens with zero attached hydrogens (tertiary/aromatic N) is 3. The van der Waals surface area contributed by atoms with Crippen molar-refractivity contribution < 1.29 is 9.50 Å². The van der Waals surface area contributed by atoms with Gasteiger partial charge in [-0.3, -0.25) is 0 Å². The normalized spacial score (nSPS) is 10.8. The van der Waals surface area contributed by atoms with Gasteiger partial charge in [0.1, 0.15) is 11.6 Å². The van der Waals surface area contributed by atoms with Crippen LogP contribution in [-0.2, 0) is 0 Å². The molecule has 0 aliphatic heterocycles. The van der Waals surface area contributed by atoms with Crippen molar-refractivity contribution in [2.75, 3.05) is 0 Å². The highest BCUT2D eigenvalue weighted by atomic mass is 19.1. The summed E-state index contributed by atoms with van der Waals surface area (Å²) in [4.78, 5) is 0. The number of halogens is 1. The third kappa shape index (κ3) is 2.22. The predicted octanol–water partition coefficient (Wildman–Crippen LogP) is 2.51. The Hall–Kier alpha value is -2.04. The summed E-state index contributed by atoms with van der Waals surface area (Å²) >= 11 is 0. The molecule has 2 rings (SSSR count). The molecule has 17 heavy (non-hydrogen) atoms. The Kier molecular flexibility index (Phi) is 2.99. The van der Waals surface area contributed by atoms with Crippen LogP contribution < -0.4 is 0 Å². The summed E-state index contributed by atoms with van der Waals surface area (Å²) in [5.74, 6) is -0.545. The van der Waals surface area contributed by atoms with E-state index in [1.807, 2.05) is 13.8 Å². The predicted molar refractivity (Wildman–Crippen MR) is 61.0 cm³/mol. The summed E-state index contributed by atoms with van der Waals surface area (Å²) in [6, 6.07) is 2.88. The molecular formula is C12H12FN3O. The van der Waals surface area contributed by atoms with Gasteiger partial charge in [-0.15, -0.1) is 10.2 Å². The molecule has 0 radical (unpaired) electrons. The van der Waals surface area contributed by atoms with E-state index in [1.165, 1.54) is 24.5 Å². The van der Waals surface area contributed by atoms with Crippen molar-refractivity contribution in [2.45, 2.75) is 19.8 Å². The maximum Gasteiger partial charge on any atom is 0.130 e. The molecule has 0 fully saturated rings. The largest absolute Gasteiger partial charge is 0.508 e. The van der Waals surface area contributed by atoms with Crippen LogP contribution in [0.5, 0.6) is 5.75 Å². The zero-order chi connectivity index (χ0) is 12.4. The first-order valence-electron chi connectivity index (χ1n) is 5.25. The molecule has 1 aromatic carbocycles. The minimum atomic E-state index is -0.424. The average molecular weight is 233 g/mol. The molecule has 0 bridgehead atoms. The van der Waals surface area contributed by atoms with Gasteiger partial charge in [0.15, 0.2) is 0 Å². The Bertz CT molecular complexity index is 506. The molecule has 88 valence electrons. The minimum absolute atomic E-state index is 0.0492. The van der Waals surface area contributed by atoms with Crippen LogP contribution in [0.2, 0.25) is 0 Å². The fraction of sp³-hybridized carbons (Fsp3) is 0.250. The molecule has 0 aliphatic rings. The molecule has 0 amide bonds. The van der Waals surface area contributed by atoms with Crippen molar-refractivity contribution in [1.29, 1.82) is 0 Å².